The third kappa shape index (κ3) is 4.98. The number of hydrogen-bond donors (Lipinski definition) is 1. The van der Waals surface area contributed by atoms with Gasteiger partial charge in [-0.1, -0.05) is 37.9 Å². The smallest absolute Gasteiger partial charge is 0.263 e. The molecule has 0 saturated carbocycles. The minimum Gasteiger partial charge on any atom is -0.287 e. The fraction of sp³-hybridized carbons (Fsp3) is 0.684. The molecule has 0 amide bonds. The summed E-state index contributed by atoms with van der Waals surface area (Å²) in [6, 6.07) is 0. The van der Waals surface area contributed by atoms with Gasteiger partial charge in [0.2, 0.25) is 10.0 Å². The molecule has 156 valence electrons. The number of aromatic nitrogens is 2. The first kappa shape index (κ1) is 21.8. The summed E-state index contributed by atoms with van der Waals surface area (Å²) in [6.07, 6.45) is 8.09. The van der Waals surface area contributed by atoms with Crippen LogP contribution in [0.3, 0.4) is 0 Å². The zero-order valence-electron chi connectivity index (χ0n) is 16.6. The van der Waals surface area contributed by atoms with Crippen LogP contribution in [0.25, 0.3) is 10.2 Å². The van der Waals surface area contributed by atoms with Crippen LogP contribution in [0.5, 0.6) is 0 Å². The molecule has 3 rings (SSSR count). The molecule has 6 nitrogen and oxygen atoms in total. The summed E-state index contributed by atoms with van der Waals surface area (Å²) in [7, 11) is -1.76. The van der Waals surface area contributed by atoms with Crippen molar-refractivity contribution in [3.63, 3.8) is 0 Å². The third-order valence-electron chi connectivity index (χ3n) is 5.12. The molecule has 2 aromatic rings. The lowest BCUT2D eigenvalue weighted by molar-refractivity contribution is 0.531. The number of hydrogen-bond acceptors (Lipinski definition) is 6. The Bertz CT molecular complexity index is 980. The van der Waals surface area contributed by atoms with E-state index in [0.29, 0.717) is 18.7 Å². The Morgan fingerprint density at radius 3 is 2.79 bits per heavy atom. The van der Waals surface area contributed by atoms with E-state index >= 15 is 0 Å². The van der Waals surface area contributed by atoms with E-state index in [1.165, 1.54) is 35.7 Å². The van der Waals surface area contributed by atoms with Crippen LogP contribution in [-0.4, -0.2) is 36.5 Å². The molecule has 0 radical (unpaired) electrons. The molecule has 0 unspecified atom stereocenters. The van der Waals surface area contributed by atoms with Crippen LogP contribution >= 0.6 is 23.1 Å². The SMILES string of the molecule is CCCCCCn1c(SCCCS(=O)(=O)NC)nc2sc3c(c2c1=O)CCC3. The fourth-order valence-electron chi connectivity index (χ4n) is 3.58. The highest BCUT2D eigenvalue weighted by Crippen LogP contribution is 2.35. The maximum atomic E-state index is 13.3. The van der Waals surface area contributed by atoms with Crippen molar-refractivity contribution in [1.29, 1.82) is 0 Å². The minimum absolute atomic E-state index is 0.0891. The van der Waals surface area contributed by atoms with Crippen LogP contribution < -0.4 is 10.3 Å². The molecule has 0 atom stereocenters. The molecule has 1 aliphatic rings. The van der Waals surface area contributed by atoms with Gasteiger partial charge in [-0.05, 0) is 44.7 Å². The highest BCUT2D eigenvalue weighted by atomic mass is 32.2. The normalized spacial score (nSPS) is 14.1. The molecule has 0 aliphatic heterocycles. The maximum absolute atomic E-state index is 13.3. The second-order valence-electron chi connectivity index (χ2n) is 7.17. The quantitative estimate of drug-likeness (QED) is 0.326. The Hall–Kier alpha value is -0.900. The van der Waals surface area contributed by atoms with Crippen molar-refractivity contribution >= 4 is 43.3 Å². The van der Waals surface area contributed by atoms with Crippen molar-refractivity contribution in [1.82, 2.24) is 14.3 Å². The van der Waals surface area contributed by atoms with Crippen molar-refractivity contribution in [3.05, 3.63) is 20.8 Å². The van der Waals surface area contributed by atoms with Gasteiger partial charge in [0.25, 0.3) is 5.56 Å². The molecular formula is C19H29N3O3S3. The van der Waals surface area contributed by atoms with Gasteiger partial charge in [0.05, 0.1) is 11.1 Å². The Morgan fingerprint density at radius 1 is 1.21 bits per heavy atom. The van der Waals surface area contributed by atoms with E-state index in [1.807, 2.05) is 4.57 Å². The number of sulfonamides is 1. The molecular weight excluding hydrogens is 414 g/mol. The van der Waals surface area contributed by atoms with Crippen molar-refractivity contribution in [2.45, 2.75) is 70.0 Å². The van der Waals surface area contributed by atoms with Gasteiger partial charge in [0.15, 0.2) is 5.16 Å². The van der Waals surface area contributed by atoms with Gasteiger partial charge in [-0.15, -0.1) is 11.3 Å². The van der Waals surface area contributed by atoms with E-state index in [0.717, 1.165) is 53.9 Å². The van der Waals surface area contributed by atoms with Crippen LogP contribution in [0, 0.1) is 0 Å². The van der Waals surface area contributed by atoms with Gasteiger partial charge < -0.3 is 0 Å². The van der Waals surface area contributed by atoms with E-state index < -0.39 is 10.0 Å². The molecule has 2 aromatic heterocycles. The Morgan fingerprint density at radius 2 is 2.04 bits per heavy atom. The monoisotopic (exact) mass is 443 g/mol. The zero-order chi connectivity index (χ0) is 20.1. The second kappa shape index (κ2) is 9.73. The summed E-state index contributed by atoms with van der Waals surface area (Å²) in [5, 5.41) is 1.56. The number of nitrogens with zero attached hydrogens (tertiary/aromatic N) is 2. The first-order chi connectivity index (χ1) is 13.5. The molecule has 2 heterocycles. The van der Waals surface area contributed by atoms with Crippen molar-refractivity contribution in [2.75, 3.05) is 18.6 Å². The Kier molecular flexibility index (Phi) is 7.58. The van der Waals surface area contributed by atoms with E-state index in [2.05, 4.69) is 11.6 Å². The molecule has 0 aromatic carbocycles. The minimum atomic E-state index is -3.20. The summed E-state index contributed by atoms with van der Waals surface area (Å²) < 4.78 is 27.4. The lowest BCUT2D eigenvalue weighted by Crippen LogP contribution is -2.24. The molecule has 1 aliphatic carbocycles. The van der Waals surface area contributed by atoms with Crippen LogP contribution in [0.15, 0.2) is 9.95 Å². The van der Waals surface area contributed by atoms with Crippen molar-refractivity contribution in [2.24, 2.45) is 0 Å². The number of nitrogens with one attached hydrogen (secondary N) is 1. The number of thioether (sulfide) groups is 1. The van der Waals surface area contributed by atoms with Gasteiger partial charge in [-0.3, -0.25) is 9.36 Å². The van der Waals surface area contributed by atoms with Gasteiger partial charge in [0, 0.05) is 17.2 Å². The lowest BCUT2D eigenvalue weighted by Gasteiger charge is -2.12. The van der Waals surface area contributed by atoms with Gasteiger partial charge in [-0.2, -0.15) is 0 Å². The predicted molar refractivity (Wildman–Crippen MR) is 118 cm³/mol. The molecule has 0 bridgehead atoms. The van der Waals surface area contributed by atoms with Gasteiger partial charge >= 0.3 is 0 Å². The summed E-state index contributed by atoms with van der Waals surface area (Å²) >= 11 is 3.16. The molecule has 0 spiro atoms. The Labute approximate surface area is 175 Å². The van der Waals surface area contributed by atoms with E-state index in [9.17, 15) is 13.2 Å². The summed E-state index contributed by atoms with van der Waals surface area (Å²) in [5.41, 5.74) is 1.31. The summed E-state index contributed by atoms with van der Waals surface area (Å²) in [6.45, 7) is 2.86. The van der Waals surface area contributed by atoms with Crippen LogP contribution in [0.2, 0.25) is 0 Å². The first-order valence-corrected chi connectivity index (χ1v) is 13.5. The summed E-state index contributed by atoms with van der Waals surface area (Å²) in [4.78, 5) is 20.3. The van der Waals surface area contributed by atoms with E-state index in [-0.39, 0.29) is 11.3 Å². The van der Waals surface area contributed by atoms with Crippen LogP contribution in [0.1, 0.15) is 55.9 Å². The number of rotatable bonds is 11. The summed E-state index contributed by atoms with van der Waals surface area (Å²) in [5.74, 6) is 0.714. The third-order valence-corrected chi connectivity index (χ3v) is 8.82. The first-order valence-electron chi connectivity index (χ1n) is 10.1. The fourth-order valence-corrected chi connectivity index (χ4v) is 6.75. The molecule has 28 heavy (non-hydrogen) atoms. The predicted octanol–water partition coefficient (Wildman–Crippen LogP) is 3.56. The average Bonchev–Trinajstić information content (AvgIpc) is 3.25. The molecule has 1 N–H and O–H groups in total. The maximum Gasteiger partial charge on any atom is 0.263 e. The van der Waals surface area contributed by atoms with Crippen molar-refractivity contribution < 1.29 is 8.42 Å². The highest BCUT2D eigenvalue weighted by Gasteiger charge is 2.23. The highest BCUT2D eigenvalue weighted by molar-refractivity contribution is 7.99. The van der Waals surface area contributed by atoms with Crippen LogP contribution in [-0.2, 0) is 29.4 Å². The largest absolute Gasteiger partial charge is 0.287 e. The standard InChI is InChI=1S/C19H29N3O3S3/c1-3-4-5-6-11-22-18(23)16-14-9-7-10-15(14)27-17(16)21-19(22)26-12-8-13-28(24,25)20-2/h20H,3-13H2,1-2H3. The van der Waals surface area contributed by atoms with Gasteiger partial charge in [-0.25, -0.2) is 18.1 Å². The molecule has 9 heteroatoms. The van der Waals surface area contributed by atoms with Crippen LogP contribution in [0.4, 0.5) is 0 Å². The zero-order valence-corrected chi connectivity index (χ0v) is 19.1. The average molecular weight is 444 g/mol. The van der Waals surface area contributed by atoms with Gasteiger partial charge in [0.1, 0.15) is 4.83 Å². The number of aryl methyl sites for hydroxylation is 2. The molecule has 0 saturated heterocycles. The topological polar surface area (TPSA) is 81.1 Å². The molecule has 0 fully saturated rings. The number of unbranched alkanes of at least 4 members (excludes halogenated alkanes) is 3. The number of fused-ring (bicyclic) bond motifs is 3. The lowest BCUT2D eigenvalue weighted by atomic mass is 10.2. The van der Waals surface area contributed by atoms with E-state index in [1.54, 1.807) is 11.3 Å². The Balaban J connectivity index is 1.83. The van der Waals surface area contributed by atoms with E-state index in [4.69, 9.17) is 4.98 Å². The number of thiophene rings is 1. The second-order valence-corrected chi connectivity index (χ2v) is 11.4. The van der Waals surface area contributed by atoms with Crippen molar-refractivity contribution in [3.8, 4) is 0 Å².